The van der Waals surface area contributed by atoms with Crippen LogP contribution >= 0.6 is 11.8 Å². The summed E-state index contributed by atoms with van der Waals surface area (Å²) in [6, 6.07) is 8.58. The van der Waals surface area contributed by atoms with Crippen molar-refractivity contribution in [3.05, 3.63) is 35.4 Å². The minimum absolute atomic E-state index is 0.0222. The van der Waals surface area contributed by atoms with Crippen LogP contribution in [0.4, 0.5) is 0 Å². The molecule has 1 aliphatic rings. The largest absolute Gasteiger partial charge is 0.303 e. The van der Waals surface area contributed by atoms with Gasteiger partial charge in [-0.25, -0.2) is 0 Å². The van der Waals surface area contributed by atoms with Crippen molar-refractivity contribution in [3.8, 4) is 0 Å². The van der Waals surface area contributed by atoms with Gasteiger partial charge in [-0.15, -0.1) is 5.10 Å². The van der Waals surface area contributed by atoms with Gasteiger partial charge in [0.25, 0.3) is 0 Å². The monoisotopic (exact) mass is 290 g/mol. The summed E-state index contributed by atoms with van der Waals surface area (Å²) < 4.78 is 0. The predicted octanol–water partition coefficient (Wildman–Crippen LogP) is 1.86. The fraction of sp³-hybridized carbons (Fsp3) is 0.357. The van der Waals surface area contributed by atoms with Crippen molar-refractivity contribution in [2.24, 2.45) is 10.2 Å². The van der Waals surface area contributed by atoms with Gasteiger partial charge in [-0.1, -0.05) is 36.0 Å². The van der Waals surface area contributed by atoms with E-state index in [1.54, 1.807) is 6.21 Å². The maximum Gasteiger partial charge on any atom is 0.236 e. The summed E-state index contributed by atoms with van der Waals surface area (Å²) in [5.74, 6) is 0.400. The lowest BCUT2D eigenvalue weighted by Crippen LogP contribution is -2.19. The van der Waals surface area contributed by atoms with Gasteiger partial charge in [0.15, 0.2) is 5.17 Å². The van der Waals surface area contributed by atoms with Crippen LogP contribution in [-0.4, -0.2) is 42.0 Å². The van der Waals surface area contributed by atoms with Crippen molar-refractivity contribution >= 4 is 29.1 Å². The molecule has 0 aliphatic carbocycles. The van der Waals surface area contributed by atoms with Crippen molar-refractivity contribution in [2.45, 2.75) is 13.0 Å². The van der Waals surface area contributed by atoms with Gasteiger partial charge in [-0.2, -0.15) is 5.10 Å². The molecule has 20 heavy (non-hydrogen) atoms. The van der Waals surface area contributed by atoms with Gasteiger partial charge in [-0.3, -0.25) is 4.79 Å². The van der Waals surface area contributed by atoms with Gasteiger partial charge in [-0.05, 0) is 32.1 Å². The van der Waals surface area contributed by atoms with Crippen LogP contribution in [0.1, 0.15) is 24.1 Å². The maximum atomic E-state index is 11.0. The number of amidine groups is 1. The van der Waals surface area contributed by atoms with Crippen molar-refractivity contribution in [1.82, 2.24) is 10.2 Å². The molecule has 1 aromatic rings. The minimum Gasteiger partial charge on any atom is -0.303 e. The molecule has 0 aromatic heterocycles. The fourth-order valence-electron chi connectivity index (χ4n) is 1.69. The smallest absolute Gasteiger partial charge is 0.236 e. The lowest BCUT2D eigenvalue weighted by atomic mass is 10.1. The highest BCUT2D eigenvalue weighted by Gasteiger charge is 2.15. The average Bonchev–Trinajstić information content (AvgIpc) is 2.84. The first-order valence-corrected chi connectivity index (χ1v) is 7.35. The van der Waals surface area contributed by atoms with Crippen LogP contribution < -0.4 is 5.32 Å². The Balaban J connectivity index is 1.98. The Morgan fingerprint density at radius 3 is 2.60 bits per heavy atom. The zero-order valence-electron chi connectivity index (χ0n) is 11.8. The highest BCUT2D eigenvalue weighted by molar-refractivity contribution is 8.15. The number of nitrogens with one attached hydrogen (secondary N) is 1. The van der Waals surface area contributed by atoms with E-state index in [1.165, 1.54) is 17.3 Å². The number of rotatable bonds is 4. The highest BCUT2D eigenvalue weighted by Crippen LogP contribution is 2.17. The molecule has 1 heterocycles. The molecule has 0 radical (unpaired) electrons. The van der Waals surface area contributed by atoms with E-state index in [0.717, 1.165) is 5.56 Å². The molecule has 1 N–H and O–H groups in total. The average molecular weight is 290 g/mol. The molecule has 1 fully saturated rings. The summed E-state index contributed by atoms with van der Waals surface area (Å²) in [5.41, 5.74) is 2.25. The Kier molecular flexibility index (Phi) is 4.92. The maximum absolute atomic E-state index is 11.0. The van der Waals surface area contributed by atoms with E-state index in [9.17, 15) is 4.79 Å². The standard InChI is InChI=1S/C14H18N4OS/c1-10(18(2)3)12-6-4-11(5-7-12)8-15-17-14-16-13(19)9-20-14/h4-8,10H,9H2,1-3H3,(H,16,17,19). The minimum atomic E-state index is -0.0222. The third kappa shape index (κ3) is 3.91. The van der Waals surface area contributed by atoms with Crippen LogP contribution in [-0.2, 0) is 4.79 Å². The van der Waals surface area contributed by atoms with Crippen LogP contribution in [0.25, 0.3) is 0 Å². The fourth-order valence-corrected chi connectivity index (χ4v) is 2.32. The number of nitrogens with zero attached hydrogens (tertiary/aromatic N) is 3. The molecular weight excluding hydrogens is 272 g/mol. The van der Waals surface area contributed by atoms with Crippen molar-refractivity contribution < 1.29 is 4.79 Å². The van der Waals surface area contributed by atoms with E-state index in [0.29, 0.717) is 17.0 Å². The Morgan fingerprint density at radius 1 is 1.35 bits per heavy atom. The molecule has 106 valence electrons. The van der Waals surface area contributed by atoms with E-state index in [2.05, 4.69) is 53.6 Å². The molecule has 0 spiro atoms. The Labute approximate surface area is 123 Å². The highest BCUT2D eigenvalue weighted by atomic mass is 32.2. The number of hydrogen-bond donors (Lipinski definition) is 1. The Bertz CT molecular complexity index is 537. The zero-order valence-corrected chi connectivity index (χ0v) is 12.6. The van der Waals surface area contributed by atoms with Gasteiger partial charge in [0.2, 0.25) is 5.91 Å². The molecule has 1 unspecified atom stereocenters. The number of amides is 1. The van der Waals surface area contributed by atoms with Crippen LogP contribution in [0, 0.1) is 0 Å². The van der Waals surface area contributed by atoms with Crippen molar-refractivity contribution in [1.29, 1.82) is 0 Å². The lowest BCUT2D eigenvalue weighted by molar-refractivity contribution is -0.116. The van der Waals surface area contributed by atoms with Crippen LogP contribution in [0.2, 0.25) is 0 Å². The first kappa shape index (κ1) is 14.7. The summed E-state index contributed by atoms with van der Waals surface area (Å²) in [6.45, 7) is 2.16. The van der Waals surface area contributed by atoms with Crippen LogP contribution in [0.15, 0.2) is 34.5 Å². The second-order valence-electron chi connectivity index (χ2n) is 4.79. The van der Waals surface area contributed by atoms with E-state index in [-0.39, 0.29) is 5.91 Å². The number of carbonyl (C=O) groups is 1. The summed E-state index contributed by atoms with van der Waals surface area (Å²) in [5, 5.41) is 11.1. The molecule has 0 bridgehead atoms. The van der Waals surface area contributed by atoms with Gasteiger partial charge >= 0.3 is 0 Å². The first-order chi connectivity index (χ1) is 9.56. The summed E-state index contributed by atoms with van der Waals surface area (Å²) in [6.07, 6.45) is 1.68. The van der Waals surface area contributed by atoms with E-state index >= 15 is 0 Å². The Hall–Kier alpha value is -1.66. The molecule has 6 heteroatoms. The summed E-state index contributed by atoms with van der Waals surface area (Å²) >= 11 is 1.37. The van der Waals surface area contributed by atoms with E-state index in [1.807, 2.05) is 12.1 Å². The van der Waals surface area contributed by atoms with Crippen molar-refractivity contribution in [3.63, 3.8) is 0 Å². The summed E-state index contributed by atoms with van der Waals surface area (Å²) in [7, 11) is 4.12. The second-order valence-corrected chi connectivity index (χ2v) is 5.76. The number of thioether (sulfide) groups is 1. The van der Waals surface area contributed by atoms with Crippen LogP contribution in [0.5, 0.6) is 0 Å². The van der Waals surface area contributed by atoms with Crippen molar-refractivity contribution in [2.75, 3.05) is 19.8 Å². The molecular formula is C14H18N4OS. The van der Waals surface area contributed by atoms with Gasteiger partial charge < -0.3 is 10.2 Å². The molecule has 1 saturated heterocycles. The lowest BCUT2D eigenvalue weighted by Gasteiger charge is -2.19. The molecule has 1 atom stereocenters. The van der Waals surface area contributed by atoms with Gasteiger partial charge in [0.1, 0.15) is 0 Å². The molecule has 0 saturated carbocycles. The van der Waals surface area contributed by atoms with E-state index < -0.39 is 0 Å². The third-order valence-corrected chi connectivity index (χ3v) is 4.00. The van der Waals surface area contributed by atoms with Gasteiger partial charge in [0.05, 0.1) is 12.0 Å². The van der Waals surface area contributed by atoms with Crippen LogP contribution in [0.3, 0.4) is 0 Å². The number of hydrogen-bond acceptors (Lipinski definition) is 5. The SMILES string of the molecule is CC(c1ccc(C=NN=C2NC(=O)CS2)cc1)N(C)C. The first-order valence-electron chi connectivity index (χ1n) is 6.36. The topological polar surface area (TPSA) is 57.1 Å². The zero-order chi connectivity index (χ0) is 14.5. The van der Waals surface area contributed by atoms with E-state index in [4.69, 9.17) is 0 Å². The molecule has 1 aliphatic heterocycles. The quantitative estimate of drug-likeness (QED) is 0.680. The second kappa shape index (κ2) is 6.67. The third-order valence-electron chi connectivity index (χ3n) is 3.14. The molecule has 1 aromatic carbocycles. The summed E-state index contributed by atoms with van der Waals surface area (Å²) in [4.78, 5) is 13.1. The van der Waals surface area contributed by atoms with Gasteiger partial charge in [0, 0.05) is 6.04 Å². The normalized spacial score (nSPS) is 19.0. The molecule has 2 rings (SSSR count). The number of carbonyl (C=O) groups excluding carboxylic acids is 1. The molecule has 5 nitrogen and oxygen atoms in total. The number of benzene rings is 1. The Morgan fingerprint density at radius 2 is 2.05 bits per heavy atom. The molecule has 1 amide bonds. The predicted molar refractivity (Wildman–Crippen MR) is 84.2 cm³/mol.